The molecular formula is C27H28N4O3. The van der Waals surface area contributed by atoms with Crippen molar-refractivity contribution < 1.29 is 14.4 Å². The van der Waals surface area contributed by atoms with E-state index in [0.717, 1.165) is 36.5 Å². The number of urea groups is 1. The van der Waals surface area contributed by atoms with E-state index in [2.05, 4.69) is 16.0 Å². The van der Waals surface area contributed by atoms with Gasteiger partial charge in [0.2, 0.25) is 5.91 Å². The third kappa shape index (κ3) is 5.03. The summed E-state index contributed by atoms with van der Waals surface area (Å²) >= 11 is 0. The number of fused-ring (bicyclic) bond motifs is 1. The minimum absolute atomic E-state index is 0.0331. The van der Waals surface area contributed by atoms with Crippen LogP contribution in [-0.2, 0) is 4.79 Å². The molecule has 0 spiro atoms. The second-order valence-corrected chi connectivity index (χ2v) is 9.06. The van der Waals surface area contributed by atoms with E-state index in [1.165, 1.54) is 0 Å². The van der Waals surface area contributed by atoms with Gasteiger partial charge in [-0.25, -0.2) is 4.79 Å². The Morgan fingerprint density at radius 2 is 1.50 bits per heavy atom. The summed E-state index contributed by atoms with van der Waals surface area (Å²) in [4.78, 5) is 39.9. The molecule has 1 saturated heterocycles. The molecule has 1 unspecified atom stereocenters. The number of rotatable bonds is 5. The Hall–Kier alpha value is -3.87. The van der Waals surface area contributed by atoms with Crippen LogP contribution in [0.25, 0.3) is 10.8 Å². The van der Waals surface area contributed by atoms with Crippen LogP contribution >= 0.6 is 0 Å². The summed E-state index contributed by atoms with van der Waals surface area (Å²) in [6.07, 6.45) is 3.59. The summed E-state index contributed by atoms with van der Waals surface area (Å²) < 4.78 is 0. The van der Waals surface area contributed by atoms with Crippen molar-refractivity contribution in [2.45, 2.75) is 31.7 Å². The minimum atomic E-state index is -0.269. The third-order valence-corrected chi connectivity index (χ3v) is 6.42. The summed E-state index contributed by atoms with van der Waals surface area (Å²) in [5, 5.41) is 10.6. The minimum Gasteiger partial charge on any atom is -0.338 e. The van der Waals surface area contributed by atoms with Crippen LogP contribution in [0.3, 0.4) is 0 Å². The van der Waals surface area contributed by atoms with Gasteiger partial charge in [0.15, 0.2) is 0 Å². The van der Waals surface area contributed by atoms with E-state index in [9.17, 15) is 14.4 Å². The van der Waals surface area contributed by atoms with Crippen molar-refractivity contribution >= 4 is 40.0 Å². The summed E-state index contributed by atoms with van der Waals surface area (Å²) in [5.74, 6) is -0.397. The van der Waals surface area contributed by atoms with E-state index in [1.807, 2.05) is 42.5 Å². The van der Waals surface area contributed by atoms with Crippen molar-refractivity contribution in [1.82, 2.24) is 10.2 Å². The van der Waals surface area contributed by atoms with Crippen LogP contribution in [0.2, 0.25) is 0 Å². The largest absolute Gasteiger partial charge is 0.338 e. The maximum Gasteiger partial charge on any atom is 0.319 e. The van der Waals surface area contributed by atoms with Gasteiger partial charge in [-0.3, -0.25) is 9.59 Å². The number of hydrogen-bond acceptors (Lipinski definition) is 3. The SMILES string of the molecule is O=C(Nc1ccc(NC(=O)C2CCCN(C(=O)c3cccc4ccccc34)C2)cc1)NC1CC1. The number of piperidine rings is 1. The Bertz CT molecular complexity index is 1210. The first-order valence-electron chi connectivity index (χ1n) is 11.8. The molecule has 4 amide bonds. The predicted molar refractivity (Wildman–Crippen MR) is 133 cm³/mol. The van der Waals surface area contributed by atoms with Gasteiger partial charge in [-0.05, 0) is 66.8 Å². The normalized spacial score (nSPS) is 17.8. The number of anilines is 2. The van der Waals surface area contributed by atoms with E-state index < -0.39 is 0 Å². The first-order valence-corrected chi connectivity index (χ1v) is 11.8. The number of benzene rings is 3. The molecule has 7 heteroatoms. The average Bonchev–Trinajstić information content (AvgIpc) is 3.68. The van der Waals surface area contributed by atoms with E-state index in [4.69, 9.17) is 0 Å². The molecule has 5 rings (SSSR count). The lowest BCUT2D eigenvalue weighted by Crippen LogP contribution is -2.43. The Kier molecular flexibility index (Phi) is 6.16. The Balaban J connectivity index is 1.20. The fourth-order valence-corrected chi connectivity index (χ4v) is 4.42. The fourth-order valence-electron chi connectivity index (χ4n) is 4.42. The van der Waals surface area contributed by atoms with Crippen molar-refractivity contribution in [3.63, 3.8) is 0 Å². The van der Waals surface area contributed by atoms with Crippen LogP contribution in [0.15, 0.2) is 66.7 Å². The maximum absolute atomic E-state index is 13.3. The molecule has 1 aliphatic carbocycles. The highest BCUT2D eigenvalue weighted by atomic mass is 16.2. The zero-order chi connectivity index (χ0) is 23.5. The van der Waals surface area contributed by atoms with Crippen LogP contribution in [0.5, 0.6) is 0 Å². The number of amides is 4. The van der Waals surface area contributed by atoms with Crippen LogP contribution in [-0.4, -0.2) is 41.9 Å². The first kappa shape index (κ1) is 21.9. The first-order chi connectivity index (χ1) is 16.6. The number of likely N-dealkylation sites (tertiary alicyclic amines) is 1. The molecule has 34 heavy (non-hydrogen) atoms. The fraction of sp³-hybridized carbons (Fsp3) is 0.296. The zero-order valence-corrected chi connectivity index (χ0v) is 18.9. The molecule has 0 bridgehead atoms. The van der Waals surface area contributed by atoms with Crippen LogP contribution < -0.4 is 16.0 Å². The van der Waals surface area contributed by atoms with E-state index in [1.54, 1.807) is 29.2 Å². The maximum atomic E-state index is 13.3. The van der Waals surface area contributed by atoms with Gasteiger partial charge in [-0.2, -0.15) is 0 Å². The summed E-state index contributed by atoms with van der Waals surface area (Å²) in [6.45, 7) is 1.05. The molecule has 2 fully saturated rings. The van der Waals surface area contributed by atoms with Crippen molar-refractivity contribution in [3.8, 4) is 0 Å². The topological polar surface area (TPSA) is 90.5 Å². The second-order valence-electron chi connectivity index (χ2n) is 9.06. The van der Waals surface area contributed by atoms with Crippen molar-refractivity contribution in [1.29, 1.82) is 0 Å². The predicted octanol–water partition coefficient (Wildman–Crippen LogP) is 4.61. The zero-order valence-electron chi connectivity index (χ0n) is 18.9. The molecule has 3 N–H and O–H groups in total. The molecule has 1 atom stereocenters. The van der Waals surface area contributed by atoms with Gasteiger partial charge in [0, 0.05) is 36.1 Å². The van der Waals surface area contributed by atoms with Crippen LogP contribution in [0.4, 0.5) is 16.2 Å². The molecule has 7 nitrogen and oxygen atoms in total. The Morgan fingerprint density at radius 1 is 0.794 bits per heavy atom. The van der Waals surface area contributed by atoms with Gasteiger partial charge in [0.05, 0.1) is 5.92 Å². The number of hydrogen-bond donors (Lipinski definition) is 3. The molecule has 174 valence electrons. The molecule has 0 radical (unpaired) electrons. The van der Waals surface area contributed by atoms with Crippen molar-refractivity contribution in [3.05, 3.63) is 72.3 Å². The van der Waals surface area contributed by atoms with Gasteiger partial charge in [-0.15, -0.1) is 0 Å². The van der Waals surface area contributed by atoms with Crippen LogP contribution in [0.1, 0.15) is 36.0 Å². The molecule has 3 aromatic rings. The Labute approximate surface area is 198 Å². The quantitative estimate of drug-likeness (QED) is 0.523. The number of carbonyl (C=O) groups is 3. The lowest BCUT2D eigenvalue weighted by Gasteiger charge is -2.32. The number of nitrogens with one attached hydrogen (secondary N) is 3. The van der Waals surface area contributed by atoms with Gasteiger partial charge in [-0.1, -0.05) is 36.4 Å². The Morgan fingerprint density at radius 3 is 2.26 bits per heavy atom. The van der Waals surface area contributed by atoms with E-state index in [0.29, 0.717) is 36.1 Å². The molecule has 1 heterocycles. The van der Waals surface area contributed by atoms with Gasteiger partial charge < -0.3 is 20.9 Å². The molecule has 1 aliphatic heterocycles. The van der Waals surface area contributed by atoms with Crippen molar-refractivity contribution in [2.75, 3.05) is 23.7 Å². The van der Waals surface area contributed by atoms with Gasteiger partial charge >= 0.3 is 6.03 Å². The molecule has 2 aliphatic rings. The second kappa shape index (κ2) is 9.55. The summed E-state index contributed by atoms with van der Waals surface area (Å²) in [6, 6.07) is 20.8. The highest BCUT2D eigenvalue weighted by Crippen LogP contribution is 2.25. The molecular weight excluding hydrogens is 428 g/mol. The number of nitrogens with zero attached hydrogens (tertiary/aromatic N) is 1. The molecule has 0 aromatic heterocycles. The highest BCUT2D eigenvalue weighted by molar-refractivity contribution is 6.07. The highest BCUT2D eigenvalue weighted by Gasteiger charge is 2.29. The monoisotopic (exact) mass is 456 g/mol. The van der Waals surface area contributed by atoms with Gasteiger partial charge in [0.25, 0.3) is 5.91 Å². The van der Waals surface area contributed by atoms with Crippen molar-refractivity contribution in [2.24, 2.45) is 5.92 Å². The van der Waals surface area contributed by atoms with Gasteiger partial charge in [0.1, 0.15) is 0 Å². The average molecular weight is 457 g/mol. The summed E-state index contributed by atoms with van der Waals surface area (Å²) in [5.41, 5.74) is 2.00. The van der Waals surface area contributed by atoms with Crippen LogP contribution in [0, 0.1) is 5.92 Å². The number of carbonyl (C=O) groups excluding carboxylic acids is 3. The lowest BCUT2D eigenvalue weighted by molar-refractivity contribution is -0.121. The molecule has 1 saturated carbocycles. The molecule has 3 aromatic carbocycles. The smallest absolute Gasteiger partial charge is 0.319 e. The van der Waals surface area contributed by atoms with E-state index >= 15 is 0 Å². The lowest BCUT2D eigenvalue weighted by atomic mass is 9.95. The summed E-state index contributed by atoms with van der Waals surface area (Å²) in [7, 11) is 0. The van der Waals surface area contributed by atoms with E-state index in [-0.39, 0.29) is 23.8 Å². The third-order valence-electron chi connectivity index (χ3n) is 6.42. The standard InChI is InChI=1S/C27H28N4O3/c32-25(28-20-10-12-21(13-11-20)29-27(34)30-22-14-15-22)19-7-4-16-31(17-19)26(33)24-9-3-6-18-5-1-2-8-23(18)24/h1-3,5-6,8-13,19,22H,4,7,14-17H2,(H,28,32)(H2,29,30,34).